The fraction of sp³-hybridized carbons (Fsp3) is 0.267. The van der Waals surface area contributed by atoms with Crippen molar-refractivity contribution in [3.63, 3.8) is 0 Å². The number of ether oxygens (including phenoxy) is 1. The topological polar surface area (TPSA) is 79.4 Å². The molecule has 0 fully saturated rings. The summed E-state index contributed by atoms with van der Waals surface area (Å²) in [4.78, 5) is 18.4. The number of methoxy groups -OCH3 is 1. The number of aromatic amines is 1. The summed E-state index contributed by atoms with van der Waals surface area (Å²) < 4.78 is 6.01. The summed E-state index contributed by atoms with van der Waals surface area (Å²) in [6, 6.07) is 7.10. The van der Waals surface area contributed by atoms with Gasteiger partial charge in [-0.05, 0) is 46.1 Å². The van der Waals surface area contributed by atoms with Crippen molar-refractivity contribution >= 4 is 28.1 Å². The summed E-state index contributed by atoms with van der Waals surface area (Å²) >= 11 is 3.41. The zero-order chi connectivity index (χ0) is 15.9. The van der Waals surface area contributed by atoms with Crippen LogP contribution in [-0.2, 0) is 6.42 Å². The van der Waals surface area contributed by atoms with Gasteiger partial charge < -0.3 is 4.74 Å². The van der Waals surface area contributed by atoms with Gasteiger partial charge in [0.1, 0.15) is 5.75 Å². The fourth-order valence-corrected chi connectivity index (χ4v) is 2.43. The maximum atomic E-state index is 11.5. The Morgan fingerprint density at radius 3 is 2.95 bits per heavy atom. The molecule has 1 heterocycles. The lowest BCUT2D eigenvalue weighted by atomic mass is 10.2. The second-order valence-corrected chi connectivity index (χ2v) is 5.45. The average molecular weight is 365 g/mol. The van der Waals surface area contributed by atoms with Crippen LogP contribution >= 0.6 is 15.9 Å². The number of halogens is 1. The molecule has 0 aliphatic carbocycles. The molecule has 0 saturated carbocycles. The molecule has 2 N–H and O–H groups in total. The Bertz CT molecular complexity index is 728. The third-order valence-electron chi connectivity index (χ3n) is 2.86. The quantitative estimate of drug-likeness (QED) is 0.609. The minimum absolute atomic E-state index is 0.191. The van der Waals surface area contributed by atoms with Crippen molar-refractivity contribution in [2.75, 3.05) is 12.5 Å². The minimum Gasteiger partial charge on any atom is -0.496 e. The molecule has 0 saturated heterocycles. The van der Waals surface area contributed by atoms with Crippen LogP contribution in [0.1, 0.15) is 24.6 Å². The van der Waals surface area contributed by atoms with E-state index in [0.717, 1.165) is 34.3 Å². The SMILES string of the molecule is CCCc1cc(=O)[nH]c(N/N=C\c2ccc(OC)c(Br)c2)n1. The zero-order valence-electron chi connectivity index (χ0n) is 12.4. The van der Waals surface area contributed by atoms with Crippen LogP contribution in [-0.4, -0.2) is 23.3 Å². The molecule has 1 aromatic carbocycles. The van der Waals surface area contributed by atoms with Crippen molar-refractivity contribution in [3.05, 3.63) is 50.3 Å². The number of nitrogens with zero attached hydrogens (tertiary/aromatic N) is 2. The Kier molecular flexibility index (Phi) is 5.71. The lowest BCUT2D eigenvalue weighted by Crippen LogP contribution is -2.11. The maximum absolute atomic E-state index is 11.5. The van der Waals surface area contributed by atoms with E-state index in [2.05, 4.69) is 36.4 Å². The molecule has 0 unspecified atom stereocenters. The number of hydrogen-bond acceptors (Lipinski definition) is 5. The van der Waals surface area contributed by atoms with E-state index in [1.54, 1.807) is 13.3 Å². The van der Waals surface area contributed by atoms with Crippen molar-refractivity contribution in [2.45, 2.75) is 19.8 Å². The summed E-state index contributed by atoms with van der Waals surface area (Å²) in [5.74, 6) is 1.09. The fourth-order valence-electron chi connectivity index (χ4n) is 1.88. The van der Waals surface area contributed by atoms with Crippen LogP contribution in [0.15, 0.2) is 38.6 Å². The summed E-state index contributed by atoms with van der Waals surface area (Å²) in [5, 5.41) is 4.08. The third-order valence-corrected chi connectivity index (χ3v) is 3.48. The molecule has 6 nitrogen and oxygen atoms in total. The van der Waals surface area contributed by atoms with Crippen LogP contribution in [0, 0.1) is 0 Å². The number of rotatable bonds is 6. The van der Waals surface area contributed by atoms with Crippen molar-refractivity contribution in [2.24, 2.45) is 5.10 Å². The molecule has 0 radical (unpaired) electrons. The monoisotopic (exact) mass is 364 g/mol. The molecule has 7 heteroatoms. The molecule has 0 spiro atoms. The van der Waals surface area contributed by atoms with Crippen LogP contribution in [0.5, 0.6) is 5.75 Å². The average Bonchev–Trinajstić information content (AvgIpc) is 2.47. The normalized spacial score (nSPS) is 10.9. The molecule has 0 aliphatic rings. The lowest BCUT2D eigenvalue weighted by molar-refractivity contribution is 0.412. The van der Waals surface area contributed by atoms with Crippen LogP contribution in [0.25, 0.3) is 0 Å². The number of aromatic nitrogens is 2. The van der Waals surface area contributed by atoms with Crippen molar-refractivity contribution in [1.82, 2.24) is 9.97 Å². The number of hydrogen-bond donors (Lipinski definition) is 2. The van der Waals surface area contributed by atoms with Gasteiger partial charge in [0.2, 0.25) is 5.95 Å². The van der Waals surface area contributed by atoms with Crippen LogP contribution in [0.4, 0.5) is 5.95 Å². The predicted octanol–water partition coefficient (Wildman–Crippen LogP) is 2.94. The first-order valence-corrected chi connectivity index (χ1v) is 7.64. The van der Waals surface area contributed by atoms with Gasteiger partial charge in [0.25, 0.3) is 5.56 Å². The number of benzene rings is 1. The van der Waals surface area contributed by atoms with E-state index in [1.807, 2.05) is 25.1 Å². The van der Waals surface area contributed by atoms with E-state index in [0.29, 0.717) is 5.95 Å². The van der Waals surface area contributed by atoms with Gasteiger partial charge in [0, 0.05) is 11.8 Å². The molecule has 0 atom stereocenters. The Balaban J connectivity index is 2.09. The molecule has 0 amide bonds. The Hall–Kier alpha value is -2.15. The van der Waals surface area contributed by atoms with Crippen LogP contribution < -0.4 is 15.7 Å². The van der Waals surface area contributed by atoms with Gasteiger partial charge in [-0.2, -0.15) is 5.10 Å². The van der Waals surface area contributed by atoms with Gasteiger partial charge in [-0.15, -0.1) is 0 Å². The lowest BCUT2D eigenvalue weighted by Gasteiger charge is -2.04. The largest absolute Gasteiger partial charge is 0.496 e. The summed E-state index contributed by atoms with van der Waals surface area (Å²) in [5.41, 5.74) is 4.17. The highest BCUT2D eigenvalue weighted by Gasteiger charge is 2.01. The first kappa shape index (κ1) is 16.2. The molecular weight excluding hydrogens is 348 g/mol. The second-order valence-electron chi connectivity index (χ2n) is 4.60. The Morgan fingerprint density at radius 1 is 1.45 bits per heavy atom. The van der Waals surface area contributed by atoms with Gasteiger partial charge in [-0.25, -0.2) is 10.4 Å². The third kappa shape index (κ3) is 4.42. The van der Waals surface area contributed by atoms with Crippen LogP contribution in [0.2, 0.25) is 0 Å². The molecule has 2 aromatic rings. The van der Waals surface area contributed by atoms with Gasteiger partial charge in [0.15, 0.2) is 0 Å². The highest BCUT2D eigenvalue weighted by molar-refractivity contribution is 9.10. The van der Waals surface area contributed by atoms with E-state index in [-0.39, 0.29) is 5.56 Å². The van der Waals surface area contributed by atoms with E-state index >= 15 is 0 Å². The smallest absolute Gasteiger partial charge is 0.252 e. The first-order valence-electron chi connectivity index (χ1n) is 6.85. The second kappa shape index (κ2) is 7.74. The van der Waals surface area contributed by atoms with Gasteiger partial charge in [-0.3, -0.25) is 9.78 Å². The molecule has 0 bridgehead atoms. The molecule has 0 aliphatic heterocycles. The van der Waals surface area contributed by atoms with Crippen LogP contribution in [0.3, 0.4) is 0 Å². The van der Waals surface area contributed by atoms with E-state index < -0.39 is 0 Å². The minimum atomic E-state index is -0.191. The van der Waals surface area contributed by atoms with Crippen molar-refractivity contribution < 1.29 is 4.74 Å². The number of nitrogens with one attached hydrogen (secondary N) is 2. The molecule has 22 heavy (non-hydrogen) atoms. The number of aryl methyl sites for hydroxylation is 1. The maximum Gasteiger partial charge on any atom is 0.252 e. The molecule has 2 rings (SSSR count). The molecule has 1 aromatic heterocycles. The first-order chi connectivity index (χ1) is 10.6. The summed E-state index contributed by atoms with van der Waals surface area (Å²) in [6.45, 7) is 2.04. The summed E-state index contributed by atoms with van der Waals surface area (Å²) in [7, 11) is 1.61. The van der Waals surface area contributed by atoms with Gasteiger partial charge in [0.05, 0.1) is 17.8 Å². The Morgan fingerprint density at radius 2 is 2.27 bits per heavy atom. The van der Waals surface area contributed by atoms with Gasteiger partial charge >= 0.3 is 0 Å². The highest BCUT2D eigenvalue weighted by atomic mass is 79.9. The van der Waals surface area contributed by atoms with Gasteiger partial charge in [-0.1, -0.05) is 13.3 Å². The number of hydrazone groups is 1. The standard InChI is InChI=1S/C15H17BrN4O2/c1-3-4-11-8-14(21)19-15(18-11)20-17-9-10-5-6-13(22-2)12(16)7-10/h5-9H,3-4H2,1-2H3,(H2,18,19,20,21)/b17-9-. The van der Waals surface area contributed by atoms with E-state index in [4.69, 9.17) is 4.74 Å². The van der Waals surface area contributed by atoms with E-state index in [1.165, 1.54) is 6.07 Å². The highest BCUT2D eigenvalue weighted by Crippen LogP contribution is 2.24. The number of anilines is 1. The summed E-state index contributed by atoms with van der Waals surface area (Å²) in [6.07, 6.45) is 3.32. The molecular formula is C15H17BrN4O2. The zero-order valence-corrected chi connectivity index (χ0v) is 14.0. The Labute approximate surface area is 136 Å². The molecule has 116 valence electrons. The number of H-pyrrole nitrogens is 1. The predicted molar refractivity (Wildman–Crippen MR) is 90.8 cm³/mol. The van der Waals surface area contributed by atoms with Crippen molar-refractivity contribution in [3.8, 4) is 5.75 Å². The van der Waals surface area contributed by atoms with Crippen molar-refractivity contribution in [1.29, 1.82) is 0 Å². The van der Waals surface area contributed by atoms with E-state index in [9.17, 15) is 4.79 Å².